The van der Waals surface area contributed by atoms with Crippen LogP contribution >= 0.6 is 0 Å². The van der Waals surface area contributed by atoms with Gasteiger partial charge in [-0.2, -0.15) is 0 Å². The van der Waals surface area contributed by atoms with Gasteiger partial charge in [-0.25, -0.2) is 0 Å². The summed E-state index contributed by atoms with van der Waals surface area (Å²) in [7, 11) is 0. The number of ketones is 1. The topological polar surface area (TPSA) is 92.7 Å². The lowest BCUT2D eigenvalue weighted by Crippen LogP contribution is -2.27. The van der Waals surface area contributed by atoms with Crippen LogP contribution in [-0.2, 0) is 25.8 Å². The molecule has 2 aromatic rings. The van der Waals surface area contributed by atoms with Crippen molar-refractivity contribution in [1.29, 1.82) is 0 Å². The summed E-state index contributed by atoms with van der Waals surface area (Å²) in [6.07, 6.45) is 5.82. The smallest absolute Gasteiger partial charge is 0.268 e. The third kappa shape index (κ3) is 3.57. The number of aromatic amines is 1. The molecule has 26 heavy (non-hydrogen) atoms. The van der Waals surface area contributed by atoms with Crippen LogP contribution in [0.15, 0.2) is 0 Å². The predicted octanol–water partition coefficient (Wildman–Crippen LogP) is 2.38. The standard InChI is InChI=1S/C19H27N5O2/c1-4-14-17(13(3)25)12(2)21-18(14)19(26)20-10-9-16-23-22-15-8-6-5-7-11-24(15)16/h21H,4-11H2,1-3H3,(H,20,26). The minimum absolute atomic E-state index is 0.0131. The number of H-pyrrole nitrogens is 1. The molecule has 2 aromatic heterocycles. The van der Waals surface area contributed by atoms with Crippen LogP contribution in [0.25, 0.3) is 0 Å². The van der Waals surface area contributed by atoms with E-state index in [1.165, 1.54) is 19.8 Å². The minimum atomic E-state index is -0.173. The van der Waals surface area contributed by atoms with Gasteiger partial charge in [-0.3, -0.25) is 9.59 Å². The first-order valence-electron chi connectivity index (χ1n) is 9.44. The number of Topliss-reactive ketones (excluding diaryl/α,β-unsaturated/α-hetero) is 1. The SMILES string of the molecule is CCc1c(C(=O)NCCc2nnc3n2CCCCC3)[nH]c(C)c1C(C)=O. The number of carbonyl (C=O) groups is 2. The van der Waals surface area contributed by atoms with Crippen molar-refractivity contribution in [2.75, 3.05) is 6.54 Å². The van der Waals surface area contributed by atoms with Crippen molar-refractivity contribution < 1.29 is 9.59 Å². The number of fused-ring (bicyclic) bond motifs is 1. The third-order valence-corrected chi connectivity index (χ3v) is 5.04. The van der Waals surface area contributed by atoms with Crippen LogP contribution in [0.1, 0.15) is 76.9 Å². The van der Waals surface area contributed by atoms with E-state index in [0.717, 1.165) is 42.3 Å². The molecule has 0 radical (unpaired) electrons. The van der Waals surface area contributed by atoms with Gasteiger partial charge in [0.15, 0.2) is 5.78 Å². The monoisotopic (exact) mass is 357 g/mol. The van der Waals surface area contributed by atoms with Gasteiger partial charge in [0.25, 0.3) is 5.91 Å². The molecule has 1 amide bonds. The van der Waals surface area contributed by atoms with Crippen molar-refractivity contribution in [1.82, 2.24) is 25.1 Å². The van der Waals surface area contributed by atoms with E-state index < -0.39 is 0 Å². The van der Waals surface area contributed by atoms with Crippen LogP contribution in [0.3, 0.4) is 0 Å². The molecule has 140 valence electrons. The van der Waals surface area contributed by atoms with Crippen molar-refractivity contribution in [3.63, 3.8) is 0 Å². The molecule has 0 spiro atoms. The Morgan fingerprint density at radius 1 is 1.23 bits per heavy atom. The molecule has 0 aromatic carbocycles. The van der Waals surface area contributed by atoms with Crippen molar-refractivity contribution in [3.8, 4) is 0 Å². The number of amides is 1. The average Bonchev–Trinajstić information content (AvgIpc) is 3.06. The Labute approximate surface area is 153 Å². The number of aryl methyl sites for hydroxylation is 2. The molecule has 2 N–H and O–H groups in total. The second kappa shape index (κ2) is 7.85. The summed E-state index contributed by atoms with van der Waals surface area (Å²) in [6.45, 7) is 6.78. The van der Waals surface area contributed by atoms with Crippen LogP contribution in [-0.4, -0.2) is 38.0 Å². The molecule has 0 fully saturated rings. The molecular weight excluding hydrogens is 330 g/mol. The van der Waals surface area contributed by atoms with Gasteiger partial charge in [-0.05, 0) is 38.7 Å². The Morgan fingerprint density at radius 3 is 2.77 bits per heavy atom. The Morgan fingerprint density at radius 2 is 2.04 bits per heavy atom. The zero-order chi connectivity index (χ0) is 18.7. The van der Waals surface area contributed by atoms with Gasteiger partial charge in [0.05, 0.1) is 0 Å². The highest BCUT2D eigenvalue weighted by molar-refractivity contribution is 6.02. The van der Waals surface area contributed by atoms with Crippen molar-refractivity contribution in [3.05, 3.63) is 34.2 Å². The van der Waals surface area contributed by atoms with Gasteiger partial charge in [-0.1, -0.05) is 13.3 Å². The Hall–Kier alpha value is -2.44. The first kappa shape index (κ1) is 18.4. The van der Waals surface area contributed by atoms with Crippen molar-refractivity contribution >= 4 is 11.7 Å². The summed E-state index contributed by atoms with van der Waals surface area (Å²) in [5.41, 5.74) is 2.68. The van der Waals surface area contributed by atoms with Gasteiger partial charge in [0, 0.05) is 37.2 Å². The molecule has 1 aliphatic heterocycles. The van der Waals surface area contributed by atoms with E-state index in [-0.39, 0.29) is 11.7 Å². The average molecular weight is 357 g/mol. The quantitative estimate of drug-likeness (QED) is 0.776. The number of hydrogen-bond acceptors (Lipinski definition) is 4. The number of aromatic nitrogens is 4. The zero-order valence-corrected chi connectivity index (χ0v) is 15.8. The minimum Gasteiger partial charge on any atom is -0.354 e. The fourth-order valence-electron chi connectivity index (χ4n) is 3.81. The summed E-state index contributed by atoms with van der Waals surface area (Å²) < 4.78 is 2.20. The second-order valence-electron chi connectivity index (χ2n) is 6.89. The first-order chi connectivity index (χ1) is 12.5. The second-order valence-corrected chi connectivity index (χ2v) is 6.89. The predicted molar refractivity (Wildman–Crippen MR) is 98.5 cm³/mol. The number of carbonyl (C=O) groups excluding carboxylic acids is 2. The molecule has 0 saturated carbocycles. The summed E-state index contributed by atoms with van der Waals surface area (Å²) in [5, 5.41) is 11.5. The highest BCUT2D eigenvalue weighted by Gasteiger charge is 2.21. The molecule has 3 rings (SSSR count). The maximum Gasteiger partial charge on any atom is 0.268 e. The van der Waals surface area contributed by atoms with Crippen LogP contribution in [0.4, 0.5) is 0 Å². The lowest BCUT2D eigenvalue weighted by Gasteiger charge is -2.08. The highest BCUT2D eigenvalue weighted by atomic mass is 16.2. The van der Waals surface area contributed by atoms with E-state index in [4.69, 9.17) is 0 Å². The Kier molecular flexibility index (Phi) is 5.54. The Bertz CT molecular complexity index is 818. The van der Waals surface area contributed by atoms with Crippen LogP contribution in [0.5, 0.6) is 0 Å². The summed E-state index contributed by atoms with van der Waals surface area (Å²) in [5.74, 6) is 1.81. The lowest BCUT2D eigenvalue weighted by molar-refractivity contribution is 0.0948. The van der Waals surface area contributed by atoms with E-state index >= 15 is 0 Å². The third-order valence-electron chi connectivity index (χ3n) is 5.04. The molecule has 7 heteroatoms. The van der Waals surface area contributed by atoms with E-state index in [9.17, 15) is 9.59 Å². The molecule has 0 saturated heterocycles. The largest absolute Gasteiger partial charge is 0.354 e. The van der Waals surface area contributed by atoms with Gasteiger partial charge in [0.2, 0.25) is 0 Å². The molecule has 3 heterocycles. The fraction of sp³-hybridized carbons (Fsp3) is 0.579. The van der Waals surface area contributed by atoms with Gasteiger partial charge in [-0.15, -0.1) is 10.2 Å². The van der Waals surface area contributed by atoms with E-state index in [1.807, 2.05) is 13.8 Å². The molecule has 0 aliphatic carbocycles. The van der Waals surface area contributed by atoms with E-state index in [0.29, 0.717) is 30.6 Å². The Balaban J connectivity index is 1.66. The zero-order valence-electron chi connectivity index (χ0n) is 15.8. The number of nitrogens with one attached hydrogen (secondary N) is 2. The molecular formula is C19H27N5O2. The lowest BCUT2D eigenvalue weighted by atomic mass is 10.0. The maximum atomic E-state index is 12.6. The van der Waals surface area contributed by atoms with Gasteiger partial charge in [0.1, 0.15) is 17.3 Å². The molecule has 7 nitrogen and oxygen atoms in total. The van der Waals surface area contributed by atoms with Gasteiger partial charge < -0.3 is 14.9 Å². The van der Waals surface area contributed by atoms with Crippen molar-refractivity contribution in [2.24, 2.45) is 0 Å². The van der Waals surface area contributed by atoms with Crippen molar-refractivity contribution in [2.45, 2.75) is 65.8 Å². The number of hydrogen-bond donors (Lipinski definition) is 2. The first-order valence-corrected chi connectivity index (χ1v) is 9.44. The molecule has 0 unspecified atom stereocenters. The van der Waals surface area contributed by atoms with Crippen LogP contribution in [0.2, 0.25) is 0 Å². The van der Waals surface area contributed by atoms with Gasteiger partial charge >= 0.3 is 0 Å². The fourth-order valence-corrected chi connectivity index (χ4v) is 3.81. The highest BCUT2D eigenvalue weighted by Crippen LogP contribution is 2.20. The normalized spacial score (nSPS) is 14.0. The van der Waals surface area contributed by atoms with Crippen LogP contribution in [0, 0.1) is 6.92 Å². The molecule has 0 bridgehead atoms. The number of nitrogens with zero attached hydrogens (tertiary/aromatic N) is 3. The molecule has 1 aliphatic rings. The van der Waals surface area contributed by atoms with E-state index in [2.05, 4.69) is 25.1 Å². The molecule has 0 atom stereocenters. The maximum absolute atomic E-state index is 12.6. The summed E-state index contributed by atoms with van der Waals surface area (Å²) in [6, 6.07) is 0. The van der Waals surface area contributed by atoms with E-state index in [1.54, 1.807) is 0 Å². The summed E-state index contributed by atoms with van der Waals surface area (Å²) >= 11 is 0. The summed E-state index contributed by atoms with van der Waals surface area (Å²) in [4.78, 5) is 27.5. The number of rotatable bonds is 6. The van der Waals surface area contributed by atoms with Crippen LogP contribution < -0.4 is 5.32 Å².